The van der Waals surface area contributed by atoms with Gasteiger partial charge in [-0.15, -0.1) is 0 Å². The summed E-state index contributed by atoms with van der Waals surface area (Å²) in [6, 6.07) is 5.10. The van der Waals surface area contributed by atoms with Crippen molar-refractivity contribution in [1.82, 2.24) is 5.32 Å². The Morgan fingerprint density at radius 3 is 2.79 bits per heavy atom. The molecule has 1 aromatic carbocycles. The van der Waals surface area contributed by atoms with Gasteiger partial charge in [-0.3, -0.25) is 4.79 Å². The first-order valence-corrected chi connectivity index (χ1v) is 8.04. The molecule has 1 aliphatic heterocycles. The van der Waals surface area contributed by atoms with E-state index < -0.39 is 9.84 Å². The van der Waals surface area contributed by atoms with E-state index >= 15 is 0 Å². The fraction of sp³-hybridized carbons (Fsp3) is 0.462. The Hall–Kier alpha value is -1.56. The number of nitrogens with one attached hydrogen (secondary N) is 1. The molecule has 0 aliphatic carbocycles. The maximum Gasteiger partial charge on any atom is 0.251 e. The summed E-state index contributed by atoms with van der Waals surface area (Å²) in [5.74, 6) is 0.249. The van der Waals surface area contributed by atoms with Gasteiger partial charge < -0.3 is 11.1 Å². The molecule has 0 aromatic heterocycles. The number of sulfone groups is 1. The summed E-state index contributed by atoms with van der Waals surface area (Å²) in [6.07, 6.45) is 0.628. The lowest BCUT2D eigenvalue weighted by atomic mass is 10.1. The lowest BCUT2D eigenvalue weighted by Gasteiger charge is -2.10. The second-order valence-electron chi connectivity index (χ2n) is 5.05. The fourth-order valence-corrected chi connectivity index (χ4v) is 4.05. The average molecular weight is 282 g/mol. The summed E-state index contributed by atoms with van der Waals surface area (Å²) < 4.78 is 22.6. The Labute approximate surface area is 113 Å². The predicted molar refractivity (Wildman–Crippen MR) is 74.7 cm³/mol. The number of rotatable bonds is 3. The van der Waals surface area contributed by atoms with Crippen molar-refractivity contribution in [1.29, 1.82) is 0 Å². The van der Waals surface area contributed by atoms with Gasteiger partial charge in [-0.1, -0.05) is 0 Å². The zero-order valence-corrected chi connectivity index (χ0v) is 11.7. The standard InChI is InChI=1S/C13H18N2O3S/c1-9-6-11(2-3-12(9)14)13(16)15-7-10-4-5-19(17,18)8-10/h2-3,6,10H,4-5,7-8,14H2,1H3,(H,15,16). The molecule has 104 valence electrons. The van der Waals surface area contributed by atoms with Crippen LogP contribution in [-0.2, 0) is 9.84 Å². The van der Waals surface area contributed by atoms with Gasteiger partial charge >= 0.3 is 0 Å². The van der Waals surface area contributed by atoms with Crippen LogP contribution in [0, 0.1) is 12.8 Å². The van der Waals surface area contributed by atoms with Crippen LogP contribution in [0.25, 0.3) is 0 Å². The van der Waals surface area contributed by atoms with E-state index in [4.69, 9.17) is 5.73 Å². The topological polar surface area (TPSA) is 89.3 Å². The zero-order valence-electron chi connectivity index (χ0n) is 10.8. The van der Waals surface area contributed by atoms with Gasteiger partial charge in [0, 0.05) is 17.8 Å². The Morgan fingerprint density at radius 2 is 2.21 bits per heavy atom. The minimum Gasteiger partial charge on any atom is -0.399 e. The second-order valence-corrected chi connectivity index (χ2v) is 7.28. The lowest BCUT2D eigenvalue weighted by molar-refractivity contribution is 0.0948. The Bertz CT molecular complexity index is 596. The van der Waals surface area contributed by atoms with Crippen LogP contribution in [-0.4, -0.2) is 32.4 Å². The van der Waals surface area contributed by atoms with E-state index in [-0.39, 0.29) is 23.3 Å². The molecule has 2 rings (SSSR count). The molecule has 1 fully saturated rings. The number of hydrogen-bond acceptors (Lipinski definition) is 4. The molecule has 3 N–H and O–H groups in total. The van der Waals surface area contributed by atoms with Gasteiger partial charge in [0.25, 0.3) is 5.91 Å². The van der Waals surface area contributed by atoms with Gasteiger partial charge in [-0.05, 0) is 43.0 Å². The second kappa shape index (κ2) is 5.21. The van der Waals surface area contributed by atoms with Gasteiger partial charge in [0.05, 0.1) is 11.5 Å². The third-order valence-electron chi connectivity index (χ3n) is 3.41. The third kappa shape index (κ3) is 3.47. The number of benzene rings is 1. The van der Waals surface area contributed by atoms with E-state index in [2.05, 4.69) is 5.32 Å². The number of anilines is 1. The van der Waals surface area contributed by atoms with Crippen molar-refractivity contribution in [3.63, 3.8) is 0 Å². The van der Waals surface area contributed by atoms with Gasteiger partial charge in [-0.25, -0.2) is 8.42 Å². The first-order chi connectivity index (χ1) is 8.87. The molecule has 0 saturated carbocycles. The van der Waals surface area contributed by atoms with Crippen molar-refractivity contribution in [3.05, 3.63) is 29.3 Å². The van der Waals surface area contributed by atoms with E-state index in [0.717, 1.165) is 5.56 Å². The summed E-state index contributed by atoms with van der Waals surface area (Å²) in [5.41, 5.74) is 7.75. The molecule has 1 atom stereocenters. The summed E-state index contributed by atoms with van der Waals surface area (Å²) in [7, 11) is -2.89. The fourth-order valence-electron chi connectivity index (χ4n) is 2.19. The van der Waals surface area contributed by atoms with Crippen LogP contribution in [0.1, 0.15) is 22.3 Å². The molecule has 1 aromatic rings. The van der Waals surface area contributed by atoms with Crippen LogP contribution in [0.5, 0.6) is 0 Å². The lowest BCUT2D eigenvalue weighted by Crippen LogP contribution is -2.29. The molecule has 19 heavy (non-hydrogen) atoms. The molecule has 1 unspecified atom stereocenters. The highest BCUT2D eigenvalue weighted by atomic mass is 32.2. The van der Waals surface area contributed by atoms with Crippen LogP contribution in [0.2, 0.25) is 0 Å². The maximum absolute atomic E-state index is 11.9. The van der Waals surface area contributed by atoms with Crippen LogP contribution in [0.15, 0.2) is 18.2 Å². The van der Waals surface area contributed by atoms with Crippen molar-refractivity contribution >= 4 is 21.4 Å². The van der Waals surface area contributed by atoms with Crippen LogP contribution in [0.4, 0.5) is 5.69 Å². The number of hydrogen-bond donors (Lipinski definition) is 2. The van der Waals surface area contributed by atoms with Gasteiger partial charge in [0.2, 0.25) is 0 Å². The number of carbonyl (C=O) groups excluding carboxylic acids is 1. The third-order valence-corrected chi connectivity index (χ3v) is 5.25. The number of carbonyl (C=O) groups is 1. The number of amides is 1. The van der Waals surface area contributed by atoms with Gasteiger partial charge in [0.1, 0.15) is 0 Å². The van der Waals surface area contributed by atoms with Crippen molar-refractivity contribution in [3.8, 4) is 0 Å². The van der Waals surface area contributed by atoms with Crippen LogP contribution in [0.3, 0.4) is 0 Å². The van der Waals surface area contributed by atoms with Crippen LogP contribution >= 0.6 is 0 Å². The summed E-state index contributed by atoms with van der Waals surface area (Å²) >= 11 is 0. The molecule has 6 heteroatoms. The Morgan fingerprint density at radius 1 is 1.47 bits per heavy atom. The number of nitrogen functional groups attached to an aromatic ring is 1. The average Bonchev–Trinajstić information content (AvgIpc) is 2.69. The van der Waals surface area contributed by atoms with E-state index in [1.165, 1.54) is 0 Å². The molecule has 1 heterocycles. The smallest absolute Gasteiger partial charge is 0.251 e. The highest BCUT2D eigenvalue weighted by Crippen LogP contribution is 2.18. The van der Waals surface area contributed by atoms with E-state index in [0.29, 0.717) is 24.2 Å². The van der Waals surface area contributed by atoms with Crippen molar-refractivity contribution < 1.29 is 13.2 Å². The highest BCUT2D eigenvalue weighted by molar-refractivity contribution is 7.91. The monoisotopic (exact) mass is 282 g/mol. The molecule has 0 spiro atoms. The molecule has 1 saturated heterocycles. The highest BCUT2D eigenvalue weighted by Gasteiger charge is 2.27. The predicted octanol–water partition coefficient (Wildman–Crippen LogP) is 0.742. The van der Waals surface area contributed by atoms with E-state index in [1.807, 2.05) is 6.92 Å². The van der Waals surface area contributed by atoms with Crippen LogP contribution < -0.4 is 11.1 Å². The molecular weight excluding hydrogens is 264 g/mol. The Balaban J connectivity index is 1.93. The van der Waals surface area contributed by atoms with E-state index in [1.54, 1.807) is 18.2 Å². The summed E-state index contributed by atoms with van der Waals surface area (Å²) in [5, 5.41) is 2.78. The normalized spacial score (nSPS) is 21.2. The molecular formula is C13H18N2O3S. The Kier molecular flexibility index (Phi) is 3.80. The SMILES string of the molecule is Cc1cc(C(=O)NCC2CCS(=O)(=O)C2)ccc1N. The molecule has 1 aliphatic rings. The minimum absolute atomic E-state index is 0.0313. The summed E-state index contributed by atoms with van der Waals surface area (Å²) in [6.45, 7) is 2.25. The number of nitrogens with two attached hydrogens (primary N) is 1. The summed E-state index contributed by atoms with van der Waals surface area (Å²) in [4.78, 5) is 11.9. The molecule has 0 radical (unpaired) electrons. The first-order valence-electron chi connectivity index (χ1n) is 6.22. The van der Waals surface area contributed by atoms with Crippen molar-refractivity contribution in [2.75, 3.05) is 23.8 Å². The largest absolute Gasteiger partial charge is 0.399 e. The van der Waals surface area contributed by atoms with Gasteiger partial charge in [-0.2, -0.15) is 0 Å². The molecule has 0 bridgehead atoms. The van der Waals surface area contributed by atoms with Gasteiger partial charge in [0.15, 0.2) is 9.84 Å². The zero-order chi connectivity index (χ0) is 14.0. The maximum atomic E-state index is 11.9. The quantitative estimate of drug-likeness (QED) is 0.800. The molecule has 5 nitrogen and oxygen atoms in total. The number of aryl methyl sites for hydroxylation is 1. The van der Waals surface area contributed by atoms with E-state index in [9.17, 15) is 13.2 Å². The first kappa shape index (κ1) is 13.9. The minimum atomic E-state index is -2.89. The van der Waals surface area contributed by atoms with Crippen molar-refractivity contribution in [2.24, 2.45) is 5.92 Å². The molecule has 1 amide bonds. The van der Waals surface area contributed by atoms with Crippen molar-refractivity contribution in [2.45, 2.75) is 13.3 Å².